The number of rotatable bonds is 5. The molecule has 1 aromatic rings. The van der Waals surface area contributed by atoms with Crippen molar-refractivity contribution >= 4 is 0 Å². The van der Waals surface area contributed by atoms with E-state index in [9.17, 15) is 0 Å². The molecule has 0 spiro atoms. The molecule has 0 amide bonds. The van der Waals surface area contributed by atoms with Crippen LogP contribution in [-0.4, -0.2) is 56.6 Å². The second-order valence-corrected chi connectivity index (χ2v) is 5.98. The van der Waals surface area contributed by atoms with E-state index in [4.69, 9.17) is 0 Å². The molecule has 1 fully saturated rings. The van der Waals surface area contributed by atoms with E-state index in [2.05, 4.69) is 73.5 Å². The summed E-state index contributed by atoms with van der Waals surface area (Å²) in [6.07, 6.45) is 0. The third kappa shape index (κ3) is 3.56. The number of likely N-dealkylation sites (tertiary alicyclic amines) is 1. The Morgan fingerprint density at radius 1 is 1.26 bits per heavy atom. The van der Waals surface area contributed by atoms with Gasteiger partial charge >= 0.3 is 0 Å². The number of nitrogens with one attached hydrogen (secondary N) is 1. The minimum absolute atomic E-state index is 0.425. The summed E-state index contributed by atoms with van der Waals surface area (Å²) in [4.78, 5) is 4.95. The number of nitrogens with zero attached hydrogens (tertiary/aromatic N) is 2. The average Bonchev–Trinajstić information content (AvgIpc) is 2.78. The summed E-state index contributed by atoms with van der Waals surface area (Å²) in [7, 11) is 6.44. The molecule has 1 aliphatic rings. The van der Waals surface area contributed by atoms with Gasteiger partial charge in [0.2, 0.25) is 0 Å². The van der Waals surface area contributed by atoms with Gasteiger partial charge in [-0.2, -0.15) is 0 Å². The smallest absolute Gasteiger partial charge is 0.0446 e. The van der Waals surface area contributed by atoms with Gasteiger partial charge in [0, 0.05) is 31.7 Å². The van der Waals surface area contributed by atoms with E-state index in [0.29, 0.717) is 12.1 Å². The summed E-state index contributed by atoms with van der Waals surface area (Å²) in [5.41, 5.74) is 1.38. The second-order valence-electron chi connectivity index (χ2n) is 5.98. The predicted molar refractivity (Wildman–Crippen MR) is 81.3 cm³/mol. The first-order valence-electron chi connectivity index (χ1n) is 7.22. The molecule has 1 saturated heterocycles. The summed E-state index contributed by atoms with van der Waals surface area (Å²) < 4.78 is 0. The molecular formula is C16H27N3. The summed E-state index contributed by atoms with van der Waals surface area (Å²) in [5.74, 6) is 0.753. The van der Waals surface area contributed by atoms with Crippen LogP contribution in [0.25, 0.3) is 0 Å². The van der Waals surface area contributed by atoms with Crippen molar-refractivity contribution < 1.29 is 0 Å². The fourth-order valence-corrected chi connectivity index (χ4v) is 3.18. The minimum atomic E-state index is 0.425. The fourth-order valence-electron chi connectivity index (χ4n) is 3.18. The van der Waals surface area contributed by atoms with Crippen LogP contribution < -0.4 is 5.32 Å². The van der Waals surface area contributed by atoms with E-state index in [-0.39, 0.29) is 0 Å². The molecule has 3 atom stereocenters. The molecule has 3 heteroatoms. The lowest BCUT2D eigenvalue weighted by Gasteiger charge is -2.25. The molecule has 0 aliphatic carbocycles. The van der Waals surface area contributed by atoms with Crippen molar-refractivity contribution in [1.29, 1.82) is 0 Å². The van der Waals surface area contributed by atoms with Gasteiger partial charge in [-0.15, -0.1) is 0 Å². The van der Waals surface area contributed by atoms with Crippen molar-refractivity contribution in [3.63, 3.8) is 0 Å². The zero-order valence-corrected chi connectivity index (χ0v) is 12.6. The maximum absolute atomic E-state index is 3.45. The maximum Gasteiger partial charge on any atom is 0.0446 e. The van der Waals surface area contributed by atoms with Gasteiger partial charge in [-0.3, -0.25) is 4.90 Å². The molecule has 3 nitrogen and oxygen atoms in total. The lowest BCUT2D eigenvalue weighted by atomic mass is 10.1. The van der Waals surface area contributed by atoms with Crippen LogP contribution in [0.3, 0.4) is 0 Å². The highest BCUT2D eigenvalue weighted by molar-refractivity contribution is 5.19. The molecule has 106 valence electrons. The molecule has 3 unspecified atom stereocenters. The van der Waals surface area contributed by atoms with E-state index < -0.39 is 0 Å². The SMILES string of the molecule is CNC(CN1CC(C)C(N(C)C)C1)c1ccccc1. The molecule has 2 rings (SSSR count). The second kappa shape index (κ2) is 6.51. The molecule has 0 saturated carbocycles. The minimum Gasteiger partial charge on any atom is -0.312 e. The number of benzene rings is 1. The van der Waals surface area contributed by atoms with Gasteiger partial charge in [0.1, 0.15) is 0 Å². The Bertz CT molecular complexity index is 377. The summed E-state index contributed by atoms with van der Waals surface area (Å²) >= 11 is 0. The Morgan fingerprint density at radius 2 is 1.95 bits per heavy atom. The van der Waals surface area contributed by atoms with Crippen molar-refractivity contribution in [3.05, 3.63) is 35.9 Å². The van der Waals surface area contributed by atoms with Crippen LogP contribution in [0.15, 0.2) is 30.3 Å². The zero-order chi connectivity index (χ0) is 13.8. The third-order valence-corrected chi connectivity index (χ3v) is 4.30. The van der Waals surface area contributed by atoms with Gasteiger partial charge in [-0.1, -0.05) is 37.3 Å². The first-order valence-corrected chi connectivity index (χ1v) is 7.22. The molecule has 0 bridgehead atoms. The Labute approximate surface area is 117 Å². The maximum atomic E-state index is 3.45. The molecule has 1 aromatic carbocycles. The normalized spacial score (nSPS) is 25.9. The summed E-state index contributed by atoms with van der Waals surface area (Å²) in [5, 5.41) is 3.45. The lowest BCUT2D eigenvalue weighted by molar-refractivity contribution is 0.245. The van der Waals surface area contributed by atoms with Gasteiger partial charge in [-0.25, -0.2) is 0 Å². The van der Waals surface area contributed by atoms with Crippen LogP contribution in [0.2, 0.25) is 0 Å². The predicted octanol–water partition coefficient (Wildman–Crippen LogP) is 1.83. The van der Waals surface area contributed by atoms with Crippen molar-refractivity contribution in [1.82, 2.24) is 15.1 Å². The van der Waals surface area contributed by atoms with Crippen LogP contribution in [-0.2, 0) is 0 Å². The third-order valence-electron chi connectivity index (χ3n) is 4.30. The largest absolute Gasteiger partial charge is 0.312 e. The van der Waals surface area contributed by atoms with Crippen LogP contribution >= 0.6 is 0 Å². The fraction of sp³-hybridized carbons (Fsp3) is 0.625. The Balaban J connectivity index is 1.97. The van der Waals surface area contributed by atoms with Crippen molar-refractivity contribution in [2.75, 3.05) is 40.8 Å². The van der Waals surface area contributed by atoms with E-state index >= 15 is 0 Å². The molecule has 1 heterocycles. The van der Waals surface area contributed by atoms with Crippen molar-refractivity contribution in [2.45, 2.75) is 19.0 Å². The number of likely N-dealkylation sites (N-methyl/N-ethyl adjacent to an activating group) is 2. The van der Waals surface area contributed by atoms with E-state index in [1.807, 2.05) is 0 Å². The lowest BCUT2D eigenvalue weighted by Crippen LogP contribution is -2.36. The highest BCUT2D eigenvalue weighted by Crippen LogP contribution is 2.23. The van der Waals surface area contributed by atoms with Crippen molar-refractivity contribution in [3.8, 4) is 0 Å². The molecule has 19 heavy (non-hydrogen) atoms. The molecule has 0 aromatic heterocycles. The number of hydrogen-bond acceptors (Lipinski definition) is 3. The Morgan fingerprint density at radius 3 is 2.47 bits per heavy atom. The van der Waals surface area contributed by atoms with Gasteiger partial charge in [0.15, 0.2) is 0 Å². The van der Waals surface area contributed by atoms with E-state index in [1.165, 1.54) is 18.7 Å². The molecular weight excluding hydrogens is 234 g/mol. The summed E-state index contributed by atoms with van der Waals surface area (Å²) in [6.45, 7) is 5.84. The van der Waals surface area contributed by atoms with Gasteiger partial charge in [-0.05, 0) is 32.6 Å². The quantitative estimate of drug-likeness (QED) is 0.872. The van der Waals surface area contributed by atoms with E-state index in [0.717, 1.165) is 12.5 Å². The monoisotopic (exact) mass is 261 g/mol. The summed E-state index contributed by atoms with van der Waals surface area (Å²) in [6, 6.07) is 11.9. The van der Waals surface area contributed by atoms with Crippen LogP contribution in [0.4, 0.5) is 0 Å². The van der Waals surface area contributed by atoms with Gasteiger partial charge in [0.25, 0.3) is 0 Å². The van der Waals surface area contributed by atoms with Gasteiger partial charge in [0.05, 0.1) is 0 Å². The number of hydrogen-bond donors (Lipinski definition) is 1. The van der Waals surface area contributed by atoms with Crippen LogP contribution in [0, 0.1) is 5.92 Å². The molecule has 1 aliphatic heterocycles. The standard InChI is InChI=1S/C16H27N3/c1-13-10-19(12-16(13)18(3)4)11-15(17-2)14-8-6-5-7-9-14/h5-9,13,15-17H,10-12H2,1-4H3. The van der Waals surface area contributed by atoms with Gasteiger partial charge < -0.3 is 10.2 Å². The first kappa shape index (κ1) is 14.5. The first-order chi connectivity index (χ1) is 9.11. The van der Waals surface area contributed by atoms with E-state index in [1.54, 1.807) is 0 Å². The Hall–Kier alpha value is -0.900. The zero-order valence-electron chi connectivity index (χ0n) is 12.6. The Kier molecular flexibility index (Phi) is 4.97. The average molecular weight is 261 g/mol. The topological polar surface area (TPSA) is 18.5 Å². The highest BCUT2D eigenvalue weighted by Gasteiger charge is 2.31. The molecule has 1 N–H and O–H groups in total. The van der Waals surface area contributed by atoms with Crippen LogP contribution in [0.5, 0.6) is 0 Å². The highest BCUT2D eigenvalue weighted by atomic mass is 15.2. The van der Waals surface area contributed by atoms with Crippen LogP contribution in [0.1, 0.15) is 18.5 Å². The molecule has 0 radical (unpaired) electrons. The van der Waals surface area contributed by atoms with Crippen molar-refractivity contribution in [2.24, 2.45) is 5.92 Å².